The quantitative estimate of drug-likeness (QED) is 0.269. The third-order valence-electron chi connectivity index (χ3n) is 2.58. The van der Waals surface area contributed by atoms with Crippen LogP contribution in [-0.2, 0) is 29.4 Å². The van der Waals surface area contributed by atoms with Gasteiger partial charge in [-0.2, -0.15) is 21.0 Å². The van der Waals surface area contributed by atoms with Gasteiger partial charge >= 0.3 is 25.6 Å². The fraction of sp³-hybridized carbons (Fsp3) is 1.00. The Labute approximate surface area is 113 Å². The zero-order valence-corrected chi connectivity index (χ0v) is 11.2. The highest BCUT2D eigenvalue weighted by Crippen LogP contribution is 2.35. The molecule has 1 rings (SSSR count). The van der Waals surface area contributed by atoms with Gasteiger partial charge in [-0.05, 0) is 0 Å². The lowest BCUT2D eigenvalue weighted by Gasteiger charge is -2.45. The average Bonchev–Trinajstić information content (AvgIpc) is 2.27. The van der Waals surface area contributed by atoms with Crippen molar-refractivity contribution < 1.29 is 50.2 Å². The molecule has 12 nitrogen and oxygen atoms in total. The number of aliphatic hydroxyl groups excluding tert-OH is 3. The van der Waals surface area contributed by atoms with Gasteiger partial charge < -0.3 is 25.8 Å². The van der Waals surface area contributed by atoms with Crippen molar-refractivity contribution in [3.05, 3.63) is 0 Å². The molecule has 0 aromatic carbocycles. The summed E-state index contributed by atoms with van der Waals surface area (Å²) >= 11 is 0. The van der Waals surface area contributed by atoms with Crippen molar-refractivity contribution in [1.29, 1.82) is 0 Å². The Kier molecular flexibility index (Phi) is 4.77. The molecule has 7 N–H and O–H groups in total. The highest BCUT2D eigenvalue weighted by Gasteiger charge is 2.63. The molecule has 20 heavy (non-hydrogen) atoms. The Morgan fingerprint density at radius 1 is 1.15 bits per heavy atom. The van der Waals surface area contributed by atoms with Crippen molar-refractivity contribution in [2.24, 2.45) is 5.73 Å². The fourth-order valence-electron chi connectivity index (χ4n) is 1.64. The smallest absolute Gasteiger partial charge is 0.394 e. The van der Waals surface area contributed by atoms with Gasteiger partial charge in [-0.25, -0.2) is 0 Å². The van der Waals surface area contributed by atoms with Gasteiger partial charge in [0, 0.05) is 0 Å². The van der Waals surface area contributed by atoms with E-state index in [1.807, 2.05) is 0 Å². The summed E-state index contributed by atoms with van der Waals surface area (Å²) in [4.78, 5) is 0. The van der Waals surface area contributed by atoms with Crippen LogP contribution in [0.4, 0.5) is 0 Å². The molecule has 1 aliphatic heterocycles. The van der Waals surface area contributed by atoms with Crippen LogP contribution in [0.5, 0.6) is 0 Å². The van der Waals surface area contributed by atoms with Crippen molar-refractivity contribution in [2.75, 3.05) is 6.61 Å². The molecule has 1 unspecified atom stereocenters. The van der Waals surface area contributed by atoms with E-state index in [1.54, 1.807) is 0 Å². The molecule has 0 amide bonds. The minimum Gasteiger partial charge on any atom is -0.394 e. The maximum Gasteiger partial charge on any atom is 0.401 e. The Hall–Kier alpha value is -0.420. The molecule has 0 aliphatic carbocycles. The van der Waals surface area contributed by atoms with Crippen LogP contribution >= 0.6 is 0 Å². The predicted molar refractivity (Wildman–Crippen MR) is 58.9 cm³/mol. The Bertz CT molecular complexity index is 555. The van der Waals surface area contributed by atoms with Crippen molar-refractivity contribution in [3.8, 4) is 0 Å². The summed E-state index contributed by atoms with van der Waals surface area (Å²) in [5, 5.41) is 24.3. The van der Waals surface area contributed by atoms with Gasteiger partial charge in [0.05, 0.1) is 6.61 Å². The van der Waals surface area contributed by atoms with Crippen LogP contribution in [-0.4, -0.2) is 77.3 Å². The second kappa shape index (κ2) is 5.41. The summed E-state index contributed by atoms with van der Waals surface area (Å²) in [7, 11) is -11.0. The molecule has 1 heterocycles. The van der Waals surface area contributed by atoms with E-state index in [1.165, 1.54) is 0 Å². The van der Waals surface area contributed by atoms with E-state index in [4.69, 9.17) is 19.9 Å². The average molecular weight is 339 g/mol. The number of rotatable bonds is 4. The Morgan fingerprint density at radius 3 is 2.00 bits per heavy atom. The molecule has 5 atom stereocenters. The maximum atomic E-state index is 11.3. The van der Waals surface area contributed by atoms with Gasteiger partial charge in [0.2, 0.25) is 0 Å². The highest BCUT2D eigenvalue weighted by molar-refractivity contribution is 7.88. The molecule has 1 fully saturated rings. The van der Waals surface area contributed by atoms with E-state index in [-0.39, 0.29) is 0 Å². The number of hydrogen-bond donors (Lipinski definition) is 6. The molecule has 1 aliphatic rings. The zero-order chi connectivity index (χ0) is 15.9. The van der Waals surface area contributed by atoms with Crippen molar-refractivity contribution in [2.45, 2.75) is 29.5 Å². The van der Waals surface area contributed by atoms with Crippen molar-refractivity contribution in [3.63, 3.8) is 0 Å². The standard InChI is InChI=1S/C6H13NO11S2/c7-5-4(10)3(9)2(1-8)17-6(5,19(11,12)13)18-20(14,15)16/h2-5,8-10H,1,7H2,(H,11,12,13)(H,14,15,16)/t2-,3-,4+,5-,6?/m1/s1. The van der Waals surface area contributed by atoms with E-state index < -0.39 is 56.6 Å². The van der Waals surface area contributed by atoms with Gasteiger partial charge in [-0.3, -0.25) is 9.11 Å². The number of aliphatic hydroxyl groups is 3. The summed E-state index contributed by atoms with van der Waals surface area (Å²) in [5.74, 6) is 0. The Morgan fingerprint density at radius 2 is 1.65 bits per heavy atom. The van der Waals surface area contributed by atoms with E-state index in [9.17, 15) is 27.0 Å². The van der Waals surface area contributed by atoms with Crippen LogP contribution in [0.15, 0.2) is 0 Å². The third-order valence-corrected chi connectivity index (χ3v) is 4.32. The summed E-state index contributed by atoms with van der Waals surface area (Å²) in [6, 6.07) is -2.31. The maximum absolute atomic E-state index is 11.3. The lowest BCUT2D eigenvalue weighted by molar-refractivity contribution is -0.263. The minimum atomic E-state index is -5.56. The lowest BCUT2D eigenvalue weighted by atomic mass is 9.98. The lowest BCUT2D eigenvalue weighted by Crippen LogP contribution is -2.72. The van der Waals surface area contributed by atoms with E-state index in [2.05, 4.69) is 8.92 Å². The van der Waals surface area contributed by atoms with Gasteiger partial charge in [0.1, 0.15) is 24.4 Å². The van der Waals surface area contributed by atoms with Crippen LogP contribution < -0.4 is 5.73 Å². The first-order valence-electron chi connectivity index (χ1n) is 4.91. The molecule has 0 bridgehead atoms. The second-order valence-corrected chi connectivity index (χ2v) is 6.48. The molecule has 0 aromatic rings. The van der Waals surface area contributed by atoms with Crippen LogP contribution in [0, 0.1) is 0 Å². The summed E-state index contributed by atoms with van der Waals surface area (Å²) in [6.45, 7) is -1.07. The van der Waals surface area contributed by atoms with Crippen molar-refractivity contribution in [1.82, 2.24) is 0 Å². The topological polar surface area (TPSA) is 214 Å². The molecule has 0 saturated carbocycles. The molecule has 1 saturated heterocycles. The third kappa shape index (κ3) is 3.08. The van der Waals surface area contributed by atoms with E-state index >= 15 is 0 Å². The molecular weight excluding hydrogens is 326 g/mol. The first kappa shape index (κ1) is 17.6. The SMILES string of the molecule is N[C@@H]1[C@@H](O)[C@H](O)[C@@H](CO)OC1(OS(=O)(=O)O)S(=O)(=O)O. The number of ether oxygens (including phenoxy) is 1. The zero-order valence-electron chi connectivity index (χ0n) is 9.60. The number of hydrogen-bond acceptors (Lipinski definition) is 10. The first-order valence-corrected chi connectivity index (χ1v) is 7.71. The highest BCUT2D eigenvalue weighted by atomic mass is 32.3. The van der Waals surface area contributed by atoms with E-state index in [0.29, 0.717) is 0 Å². The van der Waals surface area contributed by atoms with Gasteiger partial charge in [0.15, 0.2) is 0 Å². The predicted octanol–water partition coefficient (Wildman–Crippen LogP) is -4.21. The van der Waals surface area contributed by atoms with Crippen molar-refractivity contribution >= 4 is 20.5 Å². The van der Waals surface area contributed by atoms with Gasteiger partial charge in [0.25, 0.3) is 0 Å². The summed E-state index contributed by atoms with van der Waals surface area (Å²) < 4.78 is 69.8. The monoisotopic (exact) mass is 339 g/mol. The van der Waals surface area contributed by atoms with E-state index in [0.717, 1.165) is 0 Å². The van der Waals surface area contributed by atoms with Crippen LogP contribution in [0.3, 0.4) is 0 Å². The van der Waals surface area contributed by atoms with Crippen LogP contribution in [0.2, 0.25) is 0 Å². The van der Waals surface area contributed by atoms with Crippen LogP contribution in [0.1, 0.15) is 0 Å². The summed E-state index contributed by atoms with van der Waals surface area (Å²) in [5.41, 5.74) is 5.20. The summed E-state index contributed by atoms with van der Waals surface area (Å²) in [6.07, 6.45) is -5.90. The second-order valence-electron chi connectivity index (χ2n) is 3.94. The molecule has 0 spiro atoms. The molecule has 120 valence electrons. The minimum absolute atomic E-state index is 1.07. The Balaban J connectivity index is 3.43. The number of nitrogens with two attached hydrogens (primary N) is 1. The molecular formula is C6H13NO11S2. The molecule has 0 aromatic heterocycles. The first-order chi connectivity index (χ1) is 8.85. The van der Waals surface area contributed by atoms with Gasteiger partial charge in [-0.15, -0.1) is 0 Å². The molecule has 0 radical (unpaired) electrons. The normalized spacial score (nSPS) is 39.7. The van der Waals surface area contributed by atoms with Gasteiger partial charge in [-0.1, -0.05) is 0 Å². The largest absolute Gasteiger partial charge is 0.401 e. The molecule has 14 heteroatoms. The fourth-order valence-corrected chi connectivity index (χ4v) is 3.42. The van der Waals surface area contributed by atoms with Crippen LogP contribution in [0.25, 0.3) is 0 Å².